The second-order valence-corrected chi connectivity index (χ2v) is 2.89. The number of cyclic esters (lactones) is 1. The van der Waals surface area contributed by atoms with Crippen molar-refractivity contribution in [3.63, 3.8) is 0 Å². The molecule has 0 bridgehead atoms. The van der Waals surface area contributed by atoms with Gasteiger partial charge in [0.15, 0.2) is 0 Å². The Morgan fingerprint density at radius 2 is 2.25 bits per heavy atom. The maximum atomic E-state index is 11.0. The number of fused-ring (bicyclic) bond motifs is 1. The van der Waals surface area contributed by atoms with Crippen molar-refractivity contribution in [1.29, 1.82) is 0 Å². The largest absolute Gasteiger partial charge is 0.506 e. The van der Waals surface area contributed by atoms with Crippen molar-refractivity contribution in [3.05, 3.63) is 28.3 Å². The molecule has 1 aromatic rings. The highest BCUT2D eigenvalue weighted by molar-refractivity contribution is 6.35. The van der Waals surface area contributed by atoms with Gasteiger partial charge in [-0.1, -0.05) is 17.7 Å². The van der Waals surface area contributed by atoms with Crippen LogP contribution in [0.5, 0.6) is 5.75 Å². The van der Waals surface area contributed by atoms with E-state index >= 15 is 0 Å². The molecule has 12 heavy (non-hydrogen) atoms. The Kier molecular flexibility index (Phi) is 1.48. The van der Waals surface area contributed by atoms with Crippen molar-refractivity contribution in [2.24, 2.45) is 0 Å². The minimum absolute atomic E-state index is 0.0787. The highest BCUT2D eigenvalue weighted by Gasteiger charge is 2.25. The molecule has 62 valence electrons. The molecule has 0 spiro atoms. The summed E-state index contributed by atoms with van der Waals surface area (Å²) in [7, 11) is 0. The van der Waals surface area contributed by atoms with Crippen LogP contribution in [0.25, 0.3) is 0 Å². The van der Waals surface area contributed by atoms with E-state index in [9.17, 15) is 4.79 Å². The Morgan fingerprint density at radius 1 is 1.50 bits per heavy atom. The van der Waals surface area contributed by atoms with Crippen LogP contribution < -0.4 is 0 Å². The monoisotopic (exact) mass is 184 g/mol. The van der Waals surface area contributed by atoms with Crippen molar-refractivity contribution in [3.8, 4) is 5.75 Å². The van der Waals surface area contributed by atoms with Crippen LogP contribution in [0.15, 0.2) is 12.1 Å². The van der Waals surface area contributed by atoms with E-state index in [2.05, 4.69) is 0 Å². The maximum Gasteiger partial charge on any atom is 0.340 e. The molecule has 1 N–H and O–H groups in total. The number of rotatable bonds is 0. The normalized spacial score (nSPS) is 14.2. The molecule has 4 heteroatoms. The topological polar surface area (TPSA) is 46.5 Å². The fraction of sp³-hybridized carbons (Fsp3) is 0.125. The van der Waals surface area contributed by atoms with Crippen LogP contribution in [-0.2, 0) is 11.3 Å². The number of phenols is 1. The Hall–Kier alpha value is -1.22. The van der Waals surface area contributed by atoms with E-state index in [1.54, 1.807) is 6.07 Å². The lowest BCUT2D eigenvalue weighted by atomic mass is 10.1. The molecule has 1 heterocycles. The minimum Gasteiger partial charge on any atom is -0.506 e. The first-order valence-electron chi connectivity index (χ1n) is 3.37. The van der Waals surface area contributed by atoms with Gasteiger partial charge in [-0.2, -0.15) is 0 Å². The molecular formula is C8H5ClO3. The number of hydrogen-bond donors (Lipinski definition) is 1. The number of carbonyl (C=O) groups excluding carboxylic acids is 1. The van der Waals surface area contributed by atoms with Crippen LogP contribution in [0, 0.1) is 0 Å². The first-order valence-corrected chi connectivity index (χ1v) is 3.75. The van der Waals surface area contributed by atoms with Crippen molar-refractivity contribution >= 4 is 17.6 Å². The van der Waals surface area contributed by atoms with E-state index < -0.39 is 5.97 Å². The predicted octanol–water partition coefficient (Wildman–Crippen LogP) is 1.72. The number of hydrogen-bond acceptors (Lipinski definition) is 3. The number of ether oxygens (including phenoxy) is 1. The predicted molar refractivity (Wildman–Crippen MR) is 42.2 cm³/mol. The molecule has 0 saturated heterocycles. The summed E-state index contributed by atoms with van der Waals surface area (Å²) in [6.07, 6.45) is 0. The Labute approximate surface area is 73.5 Å². The van der Waals surface area contributed by atoms with Gasteiger partial charge in [0, 0.05) is 5.56 Å². The molecule has 0 saturated carbocycles. The first-order chi connectivity index (χ1) is 5.70. The van der Waals surface area contributed by atoms with E-state index in [1.165, 1.54) is 6.07 Å². The molecule has 2 rings (SSSR count). The lowest BCUT2D eigenvalue weighted by molar-refractivity contribution is 0.0535. The van der Waals surface area contributed by atoms with Gasteiger partial charge in [0.05, 0.1) is 10.6 Å². The second-order valence-electron chi connectivity index (χ2n) is 2.51. The van der Waals surface area contributed by atoms with Gasteiger partial charge < -0.3 is 9.84 Å². The zero-order valence-corrected chi connectivity index (χ0v) is 6.76. The lowest BCUT2D eigenvalue weighted by Crippen LogP contribution is -1.94. The van der Waals surface area contributed by atoms with Gasteiger partial charge in [0.1, 0.15) is 12.4 Å². The summed E-state index contributed by atoms with van der Waals surface area (Å²) in [5, 5.41) is 9.24. The number of phenolic OH excluding ortho intramolecular Hbond substituents is 1. The smallest absolute Gasteiger partial charge is 0.340 e. The third-order valence-corrected chi connectivity index (χ3v) is 2.15. The number of aromatic hydroxyl groups is 1. The standard InChI is InChI=1S/C8H5ClO3/c9-7-5(10)2-1-4-3-12-8(11)6(4)7/h1-2,10H,3H2. The van der Waals surface area contributed by atoms with Crippen molar-refractivity contribution < 1.29 is 14.6 Å². The van der Waals surface area contributed by atoms with Gasteiger partial charge in [-0.3, -0.25) is 0 Å². The second kappa shape index (κ2) is 2.38. The number of benzene rings is 1. The molecule has 1 aromatic carbocycles. The van der Waals surface area contributed by atoms with Crippen LogP contribution in [0.3, 0.4) is 0 Å². The highest BCUT2D eigenvalue weighted by Crippen LogP contribution is 2.33. The zero-order valence-electron chi connectivity index (χ0n) is 6.00. The molecule has 0 atom stereocenters. The average Bonchev–Trinajstić information content (AvgIpc) is 2.41. The van der Waals surface area contributed by atoms with Gasteiger partial charge in [0.2, 0.25) is 0 Å². The van der Waals surface area contributed by atoms with E-state index in [-0.39, 0.29) is 22.9 Å². The summed E-state index contributed by atoms with van der Waals surface area (Å²) in [6.45, 7) is 0.244. The molecule has 0 unspecified atom stereocenters. The van der Waals surface area contributed by atoms with E-state index in [0.29, 0.717) is 0 Å². The summed E-state index contributed by atoms with van der Waals surface area (Å²) < 4.78 is 4.72. The van der Waals surface area contributed by atoms with Gasteiger partial charge >= 0.3 is 5.97 Å². The van der Waals surface area contributed by atoms with Crippen LogP contribution in [-0.4, -0.2) is 11.1 Å². The van der Waals surface area contributed by atoms with Gasteiger partial charge in [0.25, 0.3) is 0 Å². The molecule has 3 nitrogen and oxygen atoms in total. The van der Waals surface area contributed by atoms with Crippen molar-refractivity contribution in [1.82, 2.24) is 0 Å². The molecule has 0 radical (unpaired) electrons. The molecule has 1 aliphatic rings. The van der Waals surface area contributed by atoms with Gasteiger partial charge in [-0.05, 0) is 6.07 Å². The van der Waals surface area contributed by atoms with Crippen LogP contribution in [0.2, 0.25) is 5.02 Å². The Bertz CT molecular complexity index is 360. The SMILES string of the molecule is O=C1OCc2ccc(O)c(Cl)c21. The fourth-order valence-corrected chi connectivity index (χ4v) is 1.42. The summed E-state index contributed by atoms with van der Waals surface area (Å²) in [5.74, 6) is -0.555. The van der Waals surface area contributed by atoms with Crippen LogP contribution >= 0.6 is 11.6 Å². The summed E-state index contributed by atoms with van der Waals surface area (Å²) in [6, 6.07) is 3.07. The summed E-state index contributed by atoms with van der Waals surface area (Å²) >= 11 is 5.68. The van der Waals surface area contributed by atoms with Gasteiger partial charge in [-0.25, -0.2) is 4.79 Å². The van der Waals surface area contributed by atoms with Crippen LogP contribution in [0.4, 0.5) is 0 Å². The molecule has 0 amide bonds. The zero-order chi connectivity index (χ0) is 8.72. The minimum atomic E-state index is -0.467. The molecule has 0 aliphatic carbocycles. The third-order valence-electron chi connectivity index (χ3n) is 1.77. The summed E-state index contributed by atoms with van der Waals surface area (Å²) in [4.78, 5) is 11.0. The van der Waals surface area contributed by atoms with Crippen molar-refractivity contribution in [2.75, 3.05) is 0 Å². The Morgan fingerprint density at radius 3 is 3.00 bits per heavy atom. The third kappa shape index (κ3) is 0.865. The fourth-order valence-electron chi connectivity index (χ4n) is 1.16. The molecular weight excluding hydrogens is 180 g/mol. The number of halogens is 1. The quantitative estimate of drug-likeness (QED) is 0.625. The average molecular weight is 185 g/mol. The van der Waals surface area contributed by atoms with E-state index in [0.717, 1.165) is 5.56 Å². The van der Waals surface area contributed by atoms with E-state index in [1.807, 2.05) is 0 Å². The first kappa shape index (κ1) is 7.43. The summed E-state index contributed by atoms with van der Waals surface area (Å²) in [5.41, 5.74) is 1.01. The lowest BCUT2D eigenvalue weighted by Gasteiger charge is -1.98. The Balaban J connectivity index is 2.71. The number of esters is 1. The highest BCUT2D eigenvalue weighted by atomic mass is 35.5. The molecule has 1 aliphatic heterocycles. The van der Waals surface area contributed by atoms with Crippen LogP contribution in [0.1, 0.15) is 15.9 Å². The maximum absolute atomic E-state index is 11.0. The number of carbonyl (C=O) groups is 1. The molecule has 0 aromatic heterocycles. The van der Waals surface area contributed by atoms with Gasteiger partial charge in [-0.15, -0.1) is 0 Å². The van der Waals surface area contributed by atoms with E-state index in [4.69, 9.17) is 21.4 Å². The van der Waals surface area contributed by atoms with Crippen molar-refractivity contribution in [2.45, 2.75) is 6.61 Å². The molecule has 0 fully saturated rings.